The number of aryl methyl sites for hydroxylation is 1. The largest absolute Gasteiger partial charge is 0.334 e. The summed E-state index contributed by atoms with van der Waals surface area (Å²) < 4.78 is 1.22. The summed E-state index contributed by atoms with van der Waals surface area (Å²) >= 11 is 0. The van der Waals surface area contributed by atoms with Crippen LogP contribution in [0, 0.1) is 6.92 Å². The van der Waals surface area contributed by atoms with Crippen molar-refractivity contribution >= 4 is 17.6 Å². The fourth-order valence-electron chi connectivity index (χ4n) is 3.48. The van der Waals surface area contributed by atoms with E-state index in [1.165, 1.54) is 16.8 Å². The Hall–Kier alpha value is -3.94. The number of benzene rings is 2. The topological polar surface area (TPSA) is 87.5 Å². The fraction of sp³-hybridized carbons (Fsp3) is 0.217. The summed E-state index contributed by atoms with van der Waals surface area (Å²) in [6, 6.07) is 19.2. The molecule has 1 saturated heterocycles. The van der Waals surface area contributed by atoms with E-state index < -0.39 is 0 Å². The van der Waals surface area contributed by atoms with Gasteiger partial charge in [0.1, 0.15) is 5.69 Å². The van der Waals surface area contributed by atoms with Gasteiger partial charge < -0.3 is 15.1 Å². The number of hydrogen-bond donors (Lipinski definition) is 1. The van der Waals surface area contributed by atoms with Crippen LogP contribution in [-0.2, 0) is 0 Å². The minimum atomic E-state index is -0.305. The molecule has 1 aliphatic rings. The summed E-state index contributed by atoms with van der Waals surface area (Å²) in [5, 5.41) is 7.15. The molecular formula is C23H23N5O3. The van der Waals surface area contributed by atoms with E-state index >= 15 is 0 Å². The van der Waals surface area contributed by atoms with Crippen LogP contribution in [0.5, 0.6) is 0 Å². The number of piperazine rings is 1. The van der Waals surface area contributed by atoms with Gasteiger partial charge in [0.2, 0.25) is 0 Å². The van der Waals surface area contributed by atoms with Gasteiger partial charge in [-0.05, 0) is 42.8 Å². The quantitative estimate of drug-likeness (QED) is 0.709. The predicted molar refractivity (Wildman–Crippen MR) is 118 cm³/mol. The van der Waals surface area contributed by atoms with Crippen molar-refractivity contribution in [2.75, 3.05) is 31.5 Å². The van der Waals surface area contributed by atoms with E-state index in [0.717, 1.165) is 11.3 Å². The standard InChI is InChI=1S/C23H23N5O3/c1-17-6-5-7-18(16-17)24-23(31)27-14-12-26(13-15-27)22(30)20-10-11-21(29)28(25-20)19-8-3-2-4-9-19/h2-11,16H,12-15H2,1H3,(H,24,31). The number of hydrogen-bond acceptors (Lipinski definition) is 4. The van der Waals surface area contributed by atoms with Gasteiger partial charge in [0.15, 0.2) is 0 Å². The second-order valence-corrected chi connectivity index (χ2v) is 7.38. The molecule has 0 atom stereocenters. The van der Waals surface area contributed by atoms with Crippen LogP contribution >= 0.6 is 0 Å². The van der Waals surface area contributed by atoms with Crippen LogP contribution in [0.1, 0.15) is 16.1 Å². The number of carbonyl (C=O) groups is 2. The number of anilines is 1. The SMILES string of the molecule is Cc1cccc(NC(=O)N2CCN(C(=O)c3ccc(=O)n(-c4ccccc4)n3)CC2)c1. The van der Waals surface area contributed by atoms with E-state index in [-0.39, 0.29) is 23.2 Å². The second kappa shape index (κ2) is 8.83. The van der Waals surface area contributed by atoms with Gasteiger partial charge in [-0.25, -0.2) is 4.79 Å². The van der Waals surface area contributed by atoms with Crippen LogP contribution in [0.3, 0.4) is 0 Å². The van der Waals surface area contributed by atoms with Crippen LogP contribution in [-0.4, -0.2) is 57.7 Å². The summed E-state index contributed by atoms with van der Waals surface area (Å²) in [6.07, 6.45) is 0. The Labute approximate surface area is 179 Å². The first-order valence-corrected chi connectivity index (χ1v) is 10.1. The Morgan fingerprint density at radius 3 is 2.29 bits per heavy atom. The molecule has 0 radical (unpaired) electrons. The summed E-state index contributed by atoms with van der Waals surface area (Å²) in [5.41, 5.74) is 2.30. The van der Waals surface area contributed by atoms with Gasteiger partial charge in [-0.15, -0.1) is 0 Å². The lowest BCUT2D eigenvalue weighted by Crippen LogP contribution is -2.52. The molecule has 8 nitrogen and oxygen atoms in total. The molecule has 0 aliphatic carbocycles. The average molecular weight is 417 g/mol. The summed E-state index contributed by atoms with van der Waals surface area (Å²) in [6.45, 7) is 3.59. The van der Waals surface area contributed by atoms with Gasteiger partial charge in [-0.1, -0.05) is 30.3 Å². The molecule has 31 heavy (non-hydrogen) atoms. The molecule has 4 rings (SSSR count). The average Bonchev–Trinajstić information content (AvgIpc) is 2.79. The van der Waals surface area contributed by atoms with Crippen LogP contribution < -0.4 is 10.9 Å². The molecule has 1 aromatic heterocycles. The lowest BCUT2D eigenvalue weighted by Gasteiger charge is -2.34. The van der Waals surface area contributed by atoms with Gasteiger partial charge >= 0.3 is 6.03 Å². The third-order valence-corrected chi connectivity index (χ3v) is 5.14. The number of nitrogens with zero attached hydrogens (tertiary/aromatic N) is 4. The highest BCUT2D eigenvalue weighted by molar-refractivity contribution is 5.93. The Balaban J connectivity index is 1.40. The molecular weight excluding hydrogens is 394 g/mol. The zero-order valence-corrected chi connectivity index (χ0v) is 17.2. The molecule has 0 unspecified atom stereocenters. The number of aromatic nitrogens is 2. The lowest BCUT2D eigenvalue weighted by atomic mass is 10.2. The molecule has 2 aromatic carbocycles. The molecule has 3 amide bonds. The number of urea groups is 1. The highest BCUT2D eigenvalue weighted by Gasteiger charge is 2.26. The van der Waals surface area contributed by atoms with Crippen LogP contribution in [0.2, 0.25) is 0 Å². The monoisotopic (exact) mass is 417 g/mol. The van der Waals surface area contributed by atoms with E-state index in [1.807, 2.05) is 37.3 Å². The summed E-state index contributed by atoms with van der Waals surface area (Å²) in [5.74, 6) is -0.261. The number of amides is 3. The van der Waals surface area contributed by atoms with Crippen LogP contribution in [0.4, 0.5) is 10.5 Å². The van der Waals surface area contributed by atoms with Crippen molar-refractivity contribution in [1.82, 2.24) is 19.6 Å². The van der Waals surface area contributed by atoms with Gasteiger partial charge in [-0.2, -0.15) is 9.78 Å². The van der Waals surface area contributed by atoms with E-state index in [9.17, 15) is 14.4 Å². The Morgan fingerprint density at radius 1 is 0.871 bits per heavy atom. The van der Waals surface area contributed by atoms with E-state index in [4.69, 9.17) is 0 Å². The molecule has 1 N–H and O–H groups in total. The van der Waals surface area contributed by atoms with E-state index in [2.05, 4.69) is 10.4 Å². The molecule has 2 heterocycles. The summed E-state index contributed by atoms with van der Waals surface area (Å²) in [4.78, 5) is 41.0. The van der Waals surface area contributed by atoms with Crippen molar-refractivity contribution in [3.63, 3.8) is 0 Å². The minimum Gasteiger partial charge on any atom is -0.334 e. The Bertz CT molecular complexity index is 1150. The minimum absolute atomic E-state index is 0.187. The smallest absolute Gasteiger partial charge is 0.321 e. The first kappa shape index (κ1) is 20.3. The van der Waals surface area contributed by atoms with Crippen molar-refractivity contribution in [2.24, 2.45) is 0 Å². The van der Waals surface area contributed by atoms with Gasteiger partial charge in [-0.3, -0.25) is 9.59 Å². The maximum absolute atomic E-state index is 12.9. The van der Waals surface area contributed by atoms with Gasteiger partial charge in [0.25, 0.3) is 11.5 Å². The lowest BCUT2D eigenvalue weighted by molar-refractivity contribution is 0.0664. The fourth-order valence-corrected chi connectivity index (χ4v) is 3.48. The first-order chi connectivity index (χ1) is 15.0. The first-order valence-electron chi connectivity index (χ1n) is 10.1. The van der Waals surface area contributed by atoms with Crippen LogP contribution in [0.15, 0.2) is 71.5 Å². The molecule has 3 aromatic rings. The maximum Gasteiger partial charge on any atom is 0.321 e. The van der Waals surface area contributed by atoms with Crippen molar-refractivity contribution in [3.8, 4) is 5.69 Å². The zero-order chi connectivity index (χ0) is 21.8. The third-order valence-electron chi connectivity index (χ3n) is 5.14. The Kier molecular flexibility index (Phi) is 5.79. The van der Waals surface area contributed by atoms with Crippen molar-refractivity contribution in [1.29, 1.82) is 0 Å². The molecule has 0 saturated carbocycles. The predicted octanol–water partition coefficient (Wildman–Crippen LogP) is 2.53. The molecule has 158 valence electrons. The summed E-state index contributed by atoms with van der Waals surface area (Å²) in [7, 11) is 0. The van der Waals surface area contributed by atoms with Crippen molar-refractivity contribution in [2.45, 2.75) is 6.92 Å². The van der Waals surface area contributed by atoms with Gasteiger partial charge in [0, 0.05) is 37.9 Å². The maximum atomic E-state index is 12.9. The third kappa shape index (κ3) is 4.63. The van der Waals surface area contributed by atoms with Gasteiger partial charge in [0.05, 0.1) is 5.69 Å². The molecule has 1 aliphatic heterocycles. The number of para-hydroxylation sites is 1. The van der Waals surface area contributed by atoms with Crippen molar-refractivity contribution in [3.05, 3.63) is 88.3 Å². The number of nitrogens with one attached hydrogen (secondary N) is 1. The van der Waals surface area contributed by atoms with Crippen molar-refractivity contribution < 1.29 is 9.59 Å². The molecule has 0 bridgehead atoms. The molecule has 0 spiro atoms. The van der Waals surface area contributed by atoms with Crippen LogP contribution in [0.25, 0.3) is 5.69 Å². The Morgan fingerprint density at radius 2 is 1.58 bits per heavy atom. The zero-order valence-electron chi connectivity index (χ0n) is 17.2. The highest BCUT2D eigenvalue weighted by atomic mass is 16.2. The van der Waals surface area contributed by atoms with E-state index in [1.54, 1.807) is 34.1 Å². The van der Waals surface area contributed by atoms with E-state index in [0.29, 0.717) is 31.9 Å². The second-order valence-electron chi connectivity index (χ2n) is 7.38. The number of rotatable bonds is 3. The highest BCUT2D eigenvalue weighted by Crippen LogP contribution is 2.13. The normalized spacial score (nSPS) is 13.7. The number of carbonyl (C=O) groups excluding carboxylic acids is 2. The molecule has 1 fully saturated rings. The molecule has 8 heteroatoms.